The number of hydrogen-bond acceptors (Lipinski definition) is 6. The molecule has 0 fully saturated rings. The minimum absolute atomic E-state index is 0.0607. The van der Waals surface area contributed by atoms with E-state index < -0.39 is 6.10 Å². The molecule has 0 spiro atoms. The van der Waals surface area contributed by atoms with Crippen molar-refractivity contribution in [1.29, 1.82) is 0 Å². The van der Waals surface area contributed by atoms with E-state index in [2.05, 4.69) is 10.3 Å². The van der Waals surface area contributed by atoms with E-state index >= 15 is 0 Å². The number of aromatic nitrogens is 2. The van der Waals surface area contributed by atoms with E-state index in [9.17, 15) is 14.7 Å². The van der Waals surface area contributed by atoms with Crippen LogP contribution in [0.25, 0.3) is 10.9 Å². The van der Waals surface area contributed by atoms with E-state index in [1.165, 1.54) is 7.11 Å². The van der Waals surface area contributed by atoms with E-state index in [0.29, 0.717) is 23.2 Å². The van der Waals surface area contributed by atoms with Crippen LogP contribution in [0.5, 0.6) is 5.75 Å². The van der Waals surface area contributed by atoms with Crippen LogP contribution >= 0.6 is 0 Å². The SMILES string of the molecule is COC[C@@H](O)CNC(=O)COc1ccc2nc3n(c(=O)c2c1)CCCCC3. The molecule has 1 atom stereocenters. The maximum atomic E-state index is 12.8. The summed E-state index contributed by atoms with van der Waals surface area (Å²) in [7, 11) is 1.48. The molecule has 146 valence electrons. The summed E-state index contributed by atoms with van der Waals surface area (Å²) in [5.74, 6) is 0.915. The number of benzene rings is 1. The first kappa shape index (κ1) is 19.3. The number of methoxy groups -OCH3 is 1. The molecular formula is C19H25N3O5. The Morgan fingerprint density at radius 3 is 3.04 bits per heavy atom. The van der Waals surface area contributed by atoms with Gasteiger partial charge in [0.05, 0.1) is 23.6 Å². The number of rotatable bonds is 7. The minimum atomic E-state index is -0.763. The number of fused-ring (bicyclic) bond motifs is 2. The molecule has 27 heavy (non-hydrogen) atoms. The Hall–Kier alpha value is -2.45. The number of aliphatic hydroxyl groups is 1. The predicted octanol–water partition coefficient (Wildman–Crippen LogP) is 0.625. The number of aryl methyl sites for hydroxylation is 1. The summed E-state index contributed by atoms with van der Waals surface area (Å²) in [6.45, 7) is 0.720. The molecule has 0 bridgehead atoms. The van der Waals surface area contributed by atoms with Crippen molar-refractivity contribution in [3.05, 3.63) is 34.4 Å². The van der Waals surface area contributed by atoms with Crippen molar-refractivity contribution in [2.45, 2.75) is 38.3 Å². The number of aliphatic hydroxyl groups excluding tert-OH is 1. The zero-order valence-electron chi connectivity index (χ0n) is 15.4. The smallest absolute Gasteiger partial charge is 0.261 e. The van der Waals surface area contributed by atoms with Crippen molar-refractivity contribution in [3.8, 4) is 5.75 Å². The number of hydrogen-bond donors (Lipinski definition) is 2. The zero-order chi connectivity index (χ0) is 19.2. The van der Waals surface area contributed by atoms with Crippen molar-refractivity contribution in [3.63, 3.8) is 0 Å². The normalized spacial score (nSPS) is 15.0. The Balaban J connectivity index is 1.68. The molecule has 0 unspecified atom stereocenters. The van der Waals surface area contributed by atoms with Crippen LogP contribution in [0, 0.1) is 0 Å². The summed E-state index contributed by atoms with van der Waals surface area (Å²) in [4.78, 5) is 29.3. The third-order valence-corrected chi connectivity index (χ3v) is 4.55. The molecule has 3 rings (SSSR count). The van der Waals surface area contributed by atoms with Gasteiger partial charge in [0.25, 0.3) is 11.5 Å². The van der Waals surface area contributed by atoms with Gasteiger partial charge < -0.3 is 19.9 Å². The largest absolute Gasteiger partial charge is 0.484 e. The van der Waals surface area contributed by atoms with Crippen LogP contribution in [0.4, 0.5) is 0 Å². The Bertz CT molecular complexity index is 864. The molecule has 2 aromatic rings. The van der Waals surface area contributed by atoms with Gasteiger partial charge in [0, 0.05) is 26.6 Å². The number of nitrogens with one attached hydrogen (secondary N) is 1. The molecule has 2 heterocycles. The molecule has 0 aliphatic carbocycles. The number of carbonyl (C=O) groups excluding carboxylic acids is 1. The summed E-state index contributed by atoms with van der Waals surface area (Å²) in [6, 6.07) is 5.09. The minimum Gasteiger partial charge on any atom is -0.484 e. The van der Waals surface area contributed by atoms with Crippen molar-refractivity contribution in [2.75, 3.05) is 26.9 Å². The van der Waals surface area contributed by atoms with Gasteiger partial charge >= 0.3 is 0 Å². The second-order valence-corrected chi connectivity index (χ2v) is 6.68. The van der Waals surface area contributed by atoms with Crippen LogP contribution in [0.3, 0.4) is 0 Å². The Morgan fingerprint density at radius 2 is 2.22 bits per heavy atom. The number of amides is 1. The van der Waals surface area contributed by atoms with Gasteiger partial charge in [-0.05, 0) is 31.0 Å². The molecular weight excluding hydrogens is 350 g/mol. The molecule has 8 nitrogen and oxygen atoms in total. The van der Waals surface area contributed by atoms with Crippen molar-refractivity contribution in [1.82, 2.24) is 14.9 Å². The predicted molar refractivity (Wildman–Crippen MR) is 99.9 cm³/mol. The van der Waals surface area contributed by atoms with Crippen LogP contribution in [-0.2, 0) is 22.5 Å². The molecule has 1 aliphatic heterocycles. The number of ether oxygens (including phenoxy) is 2. The monoisotopic (exact) mass is 375 g/mol. The summed E-state index contributed by atoms with van der Waals surface area (Å²) in [5.41, 5.74) is 0.585. The highest BCUT2D eigenvalue weighted by Gasteiger charge is 2.14. The highest BCUT2D eigenvalue weighted by molar-refractivity contribution is 5.80. The first-order valence-corrected chi connectivity index (χ1v) is 9.18. The standard InChI is InChI=1S/C19H25N3O5/c1-26-11-13(23)10-20-18(24)12-27-14-6-7-16-15(9-14)19(25)22-8-4-2-3-5-17(22)21-16/h6-7,9,13,23H,2-5,8,10-12H2,1H3,(H,20,24)/t13-/m0/s1. The van der Waals surface area contributed by atoms with E-state index in [4.69, 9.17) is 9.47 Å². The lowest BCUT2D eigenvalue weighted by atomic mass is 10.2. The van der Waals surface area contributed by atoms with Gasteiger partial charge in [-0.2, -0.15) is 0 Å². The van der Waals surface area contributed by atoms with Gasteiger partial charge in [-0.3, -0.25) is 14.2 Å². The fourth-order valence-corrected chi connectivity index (χ4v) is 3.17. The molecule has 0 saturated heterocycles. The average Bonchev–Trinajstić information content (AvgIpc) is 2.91. The first-order chi connectivity index (χ1) is 13.1. The van der Waals surface area contributed by atoms with Crippen LogP contribution in [0.15, 0.2) is 23.0 Å². The maximum absolute atomic E-state index is 12.8. The molecule has 1 aromatic heterocycles. The van der Waals surface area contributed by atoms with E-state index in [-0.39, 0.29) is 31.2 Å². The fraction of sp³-hybridized carbons (Fsp3) is 0.526. The van der Waals surface area contributed by atoms with E-state index in [1.807, 2.05) is 0 Å². The number of nitrogens with zero attached hydrogens (tertiary/aromatic N) is 2. The second kappa shape index (κ2) is 8.96. The van der Waals surface area contributed by atoms with E-state index in [1.54, 1.807) is 22.8 Å². The molecule has 1 aromatic carbocycles. The Morgan fingerprint density at radius 1 is 1.37 bits per heavy atom. The van der Waals surface area contributed by atoms with Gasteiger partial charge in [0.1, 0.15) is 11.6 Å². The lowest BCUT2D eigenvalue weighted by molar-refractivity contribution is -0.123. The first-order valence-electron chi connectivity index (χ1n) is 9.18. The third kappa shape index (κ3) is 4.84. The summed E-state index contributed by atoms with van der Waals surface area (Å²) in [6.07, 6.45) is 3.18. The Kier molecular flexibility index (Phi) is 6.41. The molecule has 1 aliphatic rings. The Labute approximate surface area is 157 Å². The zero-order valence-corrected chi connectivity index (χ0v) is 15.4. The molecule has 1 amide bonds. The lowest BCUT2D eigenvalue weighted by Crippen LogP contribution is -2.37. The second-order valence-electron chi connectivity index (χ2n) is 6.68. The summed E-state index contributed by atoms with van der Waals surface area (Å²) in [5, 5.41) is 12.6. The average molecular weight is 375 g/mol. The van der Waals surface area contributed by atoms with Crippen molar-refractivity contribution in [2.24, 2.45) is 0 Å². The van der Waals surface area contributed by atoms with Crippen LogP contribution in [0.1, 0.15) is 25.1 Å². The summed E-state index contributed by atoms with van der Waals surface area (Å²) >= 11 is 0. The van der Waals surface area contributed by atoms with Crippen molar-refractivity contribution < 1.29 is 19.4 Å². The molecule has 2 N–H and O–H groups in total. The van der Waals surface area contributed by atoms with Crippen LogP contribution in [-0.4, -0.2) is 53.5 Å². The topological polar surface area (TPSA) is 103 Å². The quantitative estimate of drug-likeness (QED) is 0.736. The van der Waals surface area contributed by atoms with E-state index in [0.717, 1.165) is 31.5 Å². The van der Waals surface area contributed by atoms with Gasteiger partial charge in [-0.25, -0.2) is 4.98 Å². The van der Waals surface area contributed by atoms with Gasteiger partial charge in [-0.15, -0.1) is 0 Å². The molecule has 0 saturated carbocycles. The van der Waals surface area contributed by atoms with Gasteiger partial charge in [-0.1, -0.05) is 6.42 Å². The number of carbonyl (C=O) groups is 1. The maximum Gasteiger partial charge on any atom is 0.261 e. The van der Waals surface area contributed by atoms with Gasteiger partial charge in [0.2, 0.25) is 0 Å². The molecule has 8 heteroatoms. The highest BCUT2D eigenvalue weighted by Crippen LogP contribution is 2.19. The lowest BCUT2D eigenvalue weighted by Gasteiger charge is -2.12. The summed E-state index contributed by atoms with van der Waals surface area (Å²) < 4.78 is 12.0. The van der Waals surface area contributed by atoms with Crippen molar-refractivity contribution >= 4 is 16.8 Å². The highest BCUT2D eigenvalue weighted by atomic mass is 16.5. The third-order valence-electron chi connectivity index (χ3n) is 4.55. The fourth-order valence-electron chi connectivity index (χ4n) is 3.17. The molecule has 0 radical (unpaired) electrons. The van der Waals surface area contributed by atoms with Crippen LogP contribution < -0.4 is 15.6 Å². The van der Waals surface area contributed by atoms with Gasteiger partial charge in [0.15, 0.2) is 6.61 Å². The van der Waals surface area contributed by atoms with Crippen LogP contribution in [0.2, 0.25) is 0 Å².